The number of nitrogens with one attached hydrogen (secondary N) is 1. The van der Waals surface area contributed by atoms with E-state index in [0.717, 1.165) is 39.3 Å². The first-order chi connectivity index (χ1) is 18.1. The molecular weight excluding hydrogens is 573 g/mol. The highest BCUT2D eigenvalue weighted by molar-refractivity contribution is 9.10. The van der Waals surface area contributed by atoms with Crippen molar-refractivity contribution in [1.29, 1.82) is 0 Å². The fourth-order valence-electron chi connectivity index (χ4n) is 3.76. The molecule has 3 rings (SSSR count). The molecule has 0 aliphatic carbocycles. The van der Waals surface area contributed by atoms with Gasteiger partial charge in [0, 0.05) is 17.6 Å². The largest absolute Gasteiger partial charge is 0.354 e. The monoisotopic (exact) mass is 603 g/mol. The predicted octanol–water partition coefficient (Wildman–Crippen LogP) is 5.12. The van der Waals surface area contributed by atoms with E-state index in [1.165, 1.54) is 29.2 Å². The molecule has 0 saturated heterocycles. The molecular formula is C28H31BrFN3O4S. The van der Waals surface area contributed by atoms with Crippen LogP contribution in [0.1, 0.15) is 32.3 Å². The number of anilines is 1. The number of nitrogens with zero attached hydrogens (tertiary/aromatic N) is 2. The van der Waals surface area contributed by atoms with Crippen LogP contribution in [0.15, 0.2) is 88.2 Å². The first-order valence-corrected chi connectivity index (χ1v) is 14.5. The van der Waals surface area contributed by atoms with Crippen LogP contribution in [0.5, 0.6) is 0 Å². The van der Waals surface area contributed by atoms with Crippen LogP contribution >= 0.6 is 15.9 Å². The van der Waals surface area contributed by atoms with E-state index in [1.807, 2.05) is 31.2 Å². The van der Waals surface area contributed by atoms with Gasteiger partial charge >= 0.3 is 0 Å². The van der Waals surface area contributed by atoms with E-state index in [2.05, 4.69) is 21.2 Å². The Morgan fingerprint density at radius 3 is 2.21 bits per heavy atom. The number of hydrogen-bond acceptors (Lipinski definition) is 4. The molecule has 202 valence electrons. The maximum Gasteiger partial charge on any atom is 0.264 e. The fraction of sp³-hybridized carbons (Fsp3) is 0.286. The van der Waals surface area contributed by atoms with Crippen LogP contribution in [0.3, 0.4) is 0 Å². The second-order valence-electron chi connectivity index (χ2n) is 8.77. The average Bonchev–Trinajstić information content (AvgIpc) is 2.92. The molecule has 3 aromatic carbocycles. The molecule has 1 unspecified atom stereocenters. The van der Waals surface area contributed by atoms with Gasteiger partial charge in [0.25, 0.3) is 10.0 Å². The van der Waals surface area contributed by atoms with Gasteiger partial charge in [-0.3, -0.25) is 13.9 Å². The third-order valence-corrected chi connectivity index (χ3v) is 8.30. The van der Waals surface area contributed by atoms with E-state index in [1.54, 1.807) is 25.1 Å². The van der Waals surface area contributed by atoms with Crippen molar-refractivity contribution in [3.8, 4) is 0 Å². The minimum absolute atomic E-state index is 0.0121. The summed E-state index contributed by atoms with van der Waals surface area (Å²) in [6.45, 7) is 3.62. The number of amides is 2. The molecule has 0 aromatic heterocycles. The molecule has 0 aliphatic rings. The van der Waals surface area contributed by atoms with Crippen molar-refractivity contribution in [2.45, 2.75) is 44.2 Å². The van der Waals surface area contributed by atoms with Crippen molar-refractivity contribution in [2.75, 3.05) is 17.4 Å². The number of unbranched alkanes of at least 4 members (excludes halogenated alkanes) is 1. The number of hydrogen-bond donors (Lipinski definition) is 1. The summed E-state index contributed by atoms with van der Waals surface area (Å²) < 4.78 is 42.7. The highest BCUT2D eigenvalue weighted by Gasteiger charge is 2.32. The number of sulfonamides is 1. The highest BCUT2D eigenvalue weighted by Crippen LogP contribution is 2.25. The zero-order valence-electron chi connectivity index (χ0n) is 21.3. The quantitative estimate of drug-likeness (QED) is 0.291. The Balaban J connectivity index is 1.97. The summed E-state index contributed by atoms with van der Waals surface area (Å²) >= 11 is 3.39. The molecule has 0 saturated carbocycles. The lowest BCUT2D eigenvalue weighted by Gasteiger charge is -2.32. The van der Waals surface area contributed by atoms with Crippen LogP contribution in [-0.2, 0) is 26.2 Å². The van der Waals surface area contributed by atoms with Crippen LogP contribution in [-0.4, -0.2) is 44.3 Å². The Hall–Kier alpha value is -3.24. The fourth-order valence-corrected chi connectivity index (χ4v) is 5.46. The standard InChI is InChI=1S/C28H31BrFN3O4S/c1-3-4-18-31-28(35)21(2)32(19-22-10-12-23(29)13-11-22)27(34)20-33(25-16-14-24(30)15-17-25)38(36,37)26-8-6-5-7-9-26/h5-17,21H,3-4,18-20H2,1-2H3,(H,31,35). The normalized spacial score (nSPS) is 12.0. The smallest absolute Gasteiger partial charge is 0.264 e. The Bertz CT molecular complexity index is 1320. The van der Waals surface area contributed by atoms with E-state index in [-0.39, 0.29) is 23.0 Å². The predicted molar refractivity (Wildman–Crippen MR) is 149 cm³/mol. The van der Waals surface area contributed by atoms with Crippen LogP contribution in [0.2, 0.25) is 0 Å². The van der Waals surface area contributed by atoms with Crippen molar-refractivity contribution in [3.05, 3.63) is 94.7 Å². The summed E-state index contributed by atoms with van der Waals surface area (Å²) in [6, 6.07) is 19.0. The number of carbonyl (C=O) groups excluding carboxylic acids is 2. The molecule has 0 aliphatic heterocycles. The molecule has 0 heterocycles. The van der Waals surface area contributed by atoms with Gasteiger partial charge in [0.05, 0.1) is 10.6 Å². The molecule has 0 bridgehead atoms. The minimum Gasteiger partial charge on any atom is -0.354 e. The van der Waals surface area contributed by atoms with Crippen molar-refractivity contribution < 1.29 is 22.4 Å². The number of benzene rings is 3. The SMILES string of the molecule is CCCCNC(=O)C(C)N(Cc1ccc(Br)cc1)C(=O)CN(c1ccc(F)cc1)S(=O)(=O)c1ccccc1. The van der Waals surface area contributed by atoms with Crippen LogP contribution in [0, 0.1) is 5.82 Å². The van der Waals surface area contributed by atoms with Crippen molar-refractivity contribution >= 4 is 43.5 Å². The van der Waals surface area contributed by atoms with Gasteiger partial charge in [-0.2, -0.15) is 0 Å². The van der Waals surface area contributed by atoms with Crippen LogP contribution < -0.4 is 9.62 Å². The molecule has 7 nitrogen and oxygen atoms in total. The third-order valence-electron chi connectivity index (χ3n) is 5.99. The Kier molecular flexibility index (Phi) is 10.4. The maximum absolute atomic E-state index is 13.8. The van der Waals surface area contributed by atoms with Gasteiger partial charge in [0.2, 0.25) is 11.8 Å². The first kappa shape index (κ1) is 29.3. The van der Waals surface area contributed by atoms with Gasteiger partial charge in [-0.25, -0.2) is 12.8 Å². The van der Waals surface area contributed by atoms with Gasteiger partial charge in [-0.05, 0) is 67.4 Å². The van der Waals surface area contributed by atoms with E-state index < -0.39 is 34.3 Å². The van der Waals surface area contributed by atoms with Crippen LogP contribution in [0.25, 0.3) is 0 Å². The number of carbonyl (C=O) groups is 2. The van der Waals surface area contributed by atoms with E-state index in [0.29, 0.717) is 6.54 Å². The van der Waals surface area contributed by atoms with Crippen molar-refractivity contribution in [1.82, 2.24) is 10.2 Å². The molecule has 10 heteroatoms. The van der Waals surface area contributed by atoms with Crippen molar-refractivity contribution in [3.63, 3.8) is 0 Å². The Labute approximate surface area is 231 Å². The Morgan fingerprint density at radius 1 is 0.974 bits per heavy atom. The highest BCUT2D eigenvalue weighted by atomic mass is 79.9. The number of rotatable bonds is 12. The second kappa shape index (κ2) is 13.5. The molecule has 1 atom stereocenters. The van der Waals surface area contributed by atoms with Gasteiger partial charge in [0.1, 0.15) is 18.4 Å². The molecule has 0 spiro atoms. The topological polar surface area (TPSA) is 86.8 Å². The van der Waals surface area contributed by atoms with Gasteiger partial charge in [0.15, 0.2) is 0 Å². The summed E-state index contributed by atoms with van der Waals surface area (Å²) in [5.74, 6) is -1.44. The zero-order chi connectivity index (χ0) is 27.7. The third kappa shape index (κ3) is 7.64. The number of halogens is 2. The first-order valence-electron chi connectivity index (χ1n) is 12.3. The molecule has 3 aromatic rings. The van der Waals surface area contributed by atoms with E-state index >= 15 is 0 Å². The minimum atomic E-state index is -4.18. The summed E-state index contributed by atoms with van der Waals surface area (Å²) in [7, 11) is -4.18. The van der Waals surface area contributed by atoms with Crippen LogP contribution in [0.4, 0.5) is 10.1 Å². The second-order valence-corrected chi connectivity index (χ2v) is 11.5. The molecule has 2 amide bonds. The zero-order valence-corrected chi connectivity index (χ0v) is 23.7. The Morgan fingerprint density at radius 2 is 1.61 bits per heavy atom. The molecule has 0 radical (unpaired) electrons. The maximum atomic E-state index is 13.8. The van der Waals surface area contributed by atoms with Gasteiger partial charge in [-0.1, -0.05) is 59.6 Å². The van der Waals surface area contributed by atoms with Gasteiger partial charge in [-0.15, -0.1) is 0 Å². The van der Waals surface area contributed by atoms with Gasteiger partial charge < -0.3 is 10.2 Å². The molecule has 1 N–H and O–H groups in total. The van der Waals surface area contributed by atoms with E-state index in [9.17, 15) is 22.4 Å². The summed E-state index contributed by atoms with van der Waals surface area (Å²) in [5.41, 5.74) is 0.904. The van der Waals surface area contributed by atoms with Crippen molar-refractivity contribution in [2.24, 2.45) is 0 Å². The lowest BCUT2D eigenvalue weighted by Crippen LogP contribution is -2.51. The lowest BCUT2D eigenvalue weighted by molar-refractivity contribution is -0.139. The van der Waals surface area contributed by atoms with E-state index in [4.69, 9.17) is 0 Å². The average molecular weight is 605 g/mol. The lowest BCUT2D eigenvalue weighted by atomic mass is 10.1. The summed E-state index contributed by atoms with van der Waals surface area (Å²) in [4.78, 5) is 28.1. The summed E-state index contributed by atoms with van der Waals surface area (Å²) in [6.07, 6.45) is 1.70. The summed E-state index contributed by atoms with van der Waals surface area (Å²) in [5, 5.41) is 2.85. The molecule has 0 fully saturated rings. The molecule has 38 heavy (non-hydrogen) atoms.